The highest BCUT2D eigenvalue weighted by atomic mass is 79.9. The van der Waals surface area contributed by atoms with Gasteiger partial charge in [0.05, 0.1) is 5.69 Å². The summed E-state index contributed by atoms with van der Waals surface area (Å²) in [6.45, 7) is 0. The van der Waals surface area contributed by atoms with E-state index in [1.54, 1.807) is 6.20 Å². The Morgan fingerprint density at radius 3 is 2.75 bits per heavy atom. The molecule has 1 aromatic heterocycles. The van der Waals surface area contributed by atoms with Gasteiger partial charge in [0.15, 0.2) is 5.78 Å². The third-order valence-corrected chi connectivity index (χ3v) is 3.64. The van der Waals surface area contributed by atoms with Crippen LogP contribution < -0.4 is 5.73 Å². The van der Waals surface area contributed by atoms with E-state index in [-0.39, 0.29) is 17.0 Å². The van der Waals surface area contributed by atoms with Gasteiger partial charge in [0.1, 0.15) is 5.82 Å². The fourth-order valence-corrected chi connectivity index (χ4v) is 2.47. The highest BCUT2D eigenvalue weighted by Gasteiger charge is 2.15. The second-order valence-electron chi connectivity index (χ2n) is 4.46. The average Bonchev–Trinajstić information content (AvgIpc) is 2.84. The normalized spacial score (nSPS) is 10.9. The smallest absolute Gasteiger partial charge is 0.195 e. The Morgan fingerprint density at radius 1 is 1.20 bits per heavy atom. The molecular weight excluding hydrogens is 323 g/mol. The van der Waals surface area contributed by atoms with E-state index in [0.717, 1.165) is 21.4 Å². The third kappa shape index (κ3) is 2.10. The van der Waals surface area contributed by atoms with Gasteiger partial charge in [-0.25, -0.2) is 4.39 Å². The van der Waals surface area contributed by atoms with Crippen molar-refractivity contribution < 1.29 is 9.18 Å². The first-order chi connectivity index (χ1) is 9.56. The van der Waals surface area contributed by atoms with Gasteiger partial charge in [-0.1, -0.05) is 22.0 Å². The maximum atomic E-state index is 13.5. The Hall–Kier alpha value is -2.14. The Balaban J connectivity index is 2.10. The Kier molecular flexibility index (Phi) is 3.06. The molecule has 0 aliphatic rings. The zero-order valence-electron chi connectivity index (χ0n) is 10.3. The number of carbonyl (C=O) groups excluding carboxylic acids is 1. The van der Waals surface area contributed by atoms with Crippen LogP contribution in [0.15, 0.2) is 47.1 Å². The van der Waals surface area contributed by atoms with E-state index in [1.807, 2.05) is 18.2 Å². The van der Waals surface area contributed by atoms with Crippen molar-refractivity contribution in [2.45, 2.75) is 0 Å². The fourth-order valence-electron chi connectivity index (χ4n) is 2.11. The van der Waals surface area contributed by atoms with Crippen molar-refractivity contribution >= 4 is 38.3 Å². The lowest BCUT2D eigenvalue weighted by atomic mass is 10.0. The molecule has 0 spiro atoms. The van der Waals surface area contributed by atoms with E-state index in [4.69, 9.17) is 5.73 Å². The summed E-state index contributed by atoms with van der Waals surface area (Å²) in [6, 6.07) is 9.67. The molecule has 5 heteroatoms. The molecule has 0 bridgehead atoms. The number of benzene rings is 2. The number of nitrogens with one attached hydrogen (secondary N) is 1. The Labute approximate surface area is 122 Å². The largest absolute Gasteiger partial charge is 0.396 e. The van der Waals surface area contributed by atoms with Gasteiger partial charge in [-0.15, -0.1) is 0 Å². The minimum absolute atomic E-state index is 0.0319. The number of halogens is 2. The van der Waals surface area contributed by atoms with Gasteiger partial charge in [-0.3, -0.25) is 4.79 Å². The first-order valence-corrected chi connectivity index (χ1v) is 6.72. The van der Waals surface area contributed by atoms with Gasteiger partial charge in [0, 0.05) is 32.7 Å². The number of hydrogen-bond acceptors (Lipinski definition) is 2. The monoisotopic (exact) mass is 332 g/mol. The number of hydrogen-bond donors (Lipinski definition) is 2. The van der Waals surface area contributed by atoms with E-state index in [2.05, 4.69) is 20.9 Å². The predicted octanol–water partition coefficient (Wildman–Crippen LogP) is 3.88. The molecule has 3 rings (SSSR count). The molecule has 0 saturated carbocycles. The number of fused-ring (bicyclic) bond motifs is 1. The molecule has 100 valence electrons. The van der Waals surface area contributed by atoms with Crippen LogP contribution in [0, 0.1) is 5.82 Å². The first-order valence-electron chi connectivity index (χ1n) is 5.92. The summed E-state index contributed by atoms with van der Waals surface area (Å²) in [7, 11) is 0. The van der Waals surface area contributed by atoms with Crippen LogP contribution in [-0.4, -0.2) is 10.8 Å². The molecule has 0 amide bonds. The van der Waals surface area contributed by atoms with Gasteiger partial charge in [-0.2, -0.15) is 0 Å². The molecular formula is C15H10BrFN2O. The van der Waals surface area contributed by atoms with E-state index < -0.39 is 5.82 Å². The van der Waals surface area contributed by atoms with E-state index in [9.17, 15) is 9.18 Å². The minimum atomic E-state index is -0.585. The standard InChI is InChI=1S/C15H10BrFN2O/c16-9-2-3-10-11(7-19-14(10)6-9)15(20)8-1-4-13(18)12(17)5-8/h1-7,19H,18H2. The molecule has 0 radical (unpaired) electrons. The Morgan fingerprint density at radius 2 is 2.00 bits per heavy atom. The van der Waals surface area contributed by atoms with Gasteiger partial charge in [0.2, 0.25) is 0 Å². The molecule has 2 aromatic carbocycles. The van der Waals surface area contributed by atoms with Crippen LogP contribution >= 0.6 is 15.9 Å². The number of H-pyrrole nitrogens is 1. The Bertz CT molecular complexity index is 826. The molecule has 3 nitrogen and oxygen atoms in total. The number of aromatic amines is 1. The summed E-state index contributed by atoms with van der Waals surface area (Å²) in [5.74, 6) is -0.823. The summed E-state index contributed by atoms with van der Waals surface area (Å²) >= 11 is 3.37. The van der Waals surface area contributed by atoms with Crippen LogP contribution in [0.4, 0.5) is 10.1 Å². The highest BCUT2D eigenvalue weighted by Crippen LogP contribution is 2.25. The molecule has 0 unspecified atom stereocenters. The zero-order chi connectivity index (χ0) is 14.3. The molecule has 0 aliphatic heterocycles. The summed E-state index contributed by atoms with van der Waals surface area (Å²) in [5.41, 5.74) is 7.08. The van der Waals surface area contributed by atoms with Crippen LogP contribution in [0.5, 0.6) is 0 Å². The van der Waals surface area contributed by atoms with Crippen LogP contribution in [-0.2, 0) is 0 Å². The van der Waals surface area contributed by atoms with Crippen molar-refractivity contribution in [3.8, 4) is 0 Å². The lowest BCUT2D eigenvalue weighted by molar-refractivity contribution is 0.104. The lowest BCUT2D eigenvalue weighted by Crippen LogP contribution is -2.02. The molecule has 1 heterocycles. The maximum absolute atomic E-state index is 13.5. The van der Waals surface area contributed by atoms with Crippen molar-refractivity contribution in [1.29, 1.82) is 0 Å². The third-order valence-electron chi connectivity index (χ3n) is 3.15. The minimum Gasteiger partial charge on any atom is -0.396 e. The predicted molar refractivity (Wildman–Crippen MR) is 80.2 cm³/mol. The summed E-state index contributed by atoms with van der Waals surface area (Å²) in [6.07, 6.45) is 1.63. The van der Waals surface area contributed by atoms with Crippen molar-refractivity contribution in [2.75, 3.05) is 5.73 Å². The van der Waals surface area contributed by atoms with Gasteiger partial charge in [-0.05, 0) is 30.3 Å². The van der Waals surface area contributed by atoms with Crippen LogP contribution in [0.2, 0.25) is 0 Å². The number of nitrogens with two attached hydrogens (primary N) is 1. The highest BCUT2D eigenvalue weighted by molar-refractivity contribution is 9.10. The maximum Gasteiger partial charge on any atom is 0.195 e. The van der Waals surface area contributed by atoms with Gasteiger partial charge in [0.25, 0.3) is 0 Å². The molecule has 0 saturated heterocycles. The molecule has 3 aromatic rings. The number of anilines is 1. The van der Waals surface area contributed by atoms with Gasteiger partial charge >= 0.3 is 0 Å². The quantitative estimate of drug-likeness (QED) is 0.552. The van der Waals surface area contributed by atoms with Crippen LogP contribution in [0.25, 0.3) is 10.9 Å². The summed E-state index contributed by atoms with van der Waals surface area (Å²) in [4.78, 5) is 15.5. The molecule has 0 aliphatic carbocycles. The second kappa shape index (κ2) is 4.76. The SMILES string of the molecule is Nc1ccc(C(=O)c2c[nH]c3cc(Br)ccc23)cc1F. The number of aromatic nitrogens is 1. The van der Waals surface area contributed by atoms with Crippen LogP contribution in [0.3, 0.4) is 0 Å². The summed E-state index contributed by atoms with van der Waals surface area (Å²) in [5, 5.41) is 0.801. The number of rotatable bonds is 2. The molecule has 20 heavy (non-hydrogen) atoms. The number of carbonyl (C=O) groups is 1. The van der Waals surface area contributed by atoms with E-state index in [1.165, 1.54) is 12.1 Å². The lowest BCUT2D eigenvalue weighted by Gasteiger charge is -2.02. The average molecular weight is 333 g/mol. The van der Waals surface area contributed by atoms with Crippen molar-refractivity contribution in [3.05, 3.63) is 64.0 Å². The van der Waals surface area contributed by atoms with Gasteiger partial charge < -0.3 is 10.7 Å². The van der Waals surface area contributed by atoms with Crippen molar-refractivity contribution in [3.63, 3.8) is 0 Å². The zero-order valence-corrected chi connectivity index (χ0v) is 11.9. The van der Waals surface area contributed by atoms with Crippen molar-refractivity contribution in [2.24, 2.45) is 0 Å². The molecule has 3 N–H and O–H groups in total. The van der Waals surface area contributed by atoms with Crippen LogP contribution in [0.1, 0.15) is 15.9 Å². The van der Waals surface area contributed by atoms with Crippen molar-refractivity contribution in [1.82, 2.24) is 4.98 Å². The molecule has 0 fully saturated rings. The fraction of sp³-hybridized carbons (Fsp3) is 0. The summed E-state index contributed by atoms with van der Waals surface area (Å²) < 4.78 is 14.4. The topological polar surface area (TPSA) is 58.9 Å². The van der Waals surface area contributed by atoms with E-state index in [0.29, 0.717) is 5.56 Å². The second-order valence-corrected chi connectivity index (χ2v) is 5.37. The number of ketones is 1. The van der Waals surface area contributed by atoms with E-state index >= 15 is 0 Å². The molecule has 0 atom stereocenters. The number of nitrogen functional groups attached to an aromatic ring is 1. The first kappa shape index (κ1) is 12.9.